The predicted molar refractivity (Wildman–Crippen MR) is 90.6 cm³/mol. The lowest BCUT2D eigenvalue weighted by Crippen LogP contribution is -2.11. The molecule has 0 fully saturated rings. The number of amides is 1. The number of anilines is 1. The largest absolute Gasteiger partial charge is 0.454 e. The minimum Gasteiger partial charge on any atom is -0.454 e. The van der Waals surface area contributed by atoms with Gasteiger partial charge in [0.25, 0.3) is 5.91 Å². The molecule has 0 saturated carbocycles. The molecule has 0 bridgehead atoms. The van der Waals surface area contributed by atoms with E-state index in [1.807, 2.05) is 24.5 Å². The van der Waals surface area contributed by atoms with Gasteiger partial charge in [-0.25, -0.2) is 4.98 Å². The number of nitrogens with zero attached hydrogens (tertiary/aromatic N) is 2. The fourth-order valence-corrected chi connectivity index (χ4v) is 2.76. The first-order chi connectivity index (χ1) is 11.6. The Kier molecular flexibility index (Phi) is 3.37. The van der Waals surface area contributed by atoms with Crippen LogP contribution in [0.4, 0.5) is 5.69 Å². The number of carbonyl (C=O) groups excluding carboxylic acids is 1. The highest BCUT2D eigenvalue weighted by Crippen LogP contribution is 2.32. The van der Waals surface area contributed by atoms with E-state index >= 15 is 0 Å². The Balaban J connectivity index is 1.58. The average molecular weight is 323 g/mol. The van der Waals surface area contributed by atoms with E-state index in [-0.39, 0.29) is 12.7 Å². The molecule has 2 aromatic carbocycles. The van der Waals surface area contributed by atoms with Gasteiger partial charge < -0.3 is 19.4 Å². The summed E-state index contributed by atoms with van der Waals surface area (Å²) in [4.78, 5) is 16.8. The second-order valence-electron chi connectivity index (χ2n) is 5.97. The van der Waals surface area contributed by atoms with Crippen molar-refractivity contribution in [1.29, 1.82) is 0 Å². The highest BCUT2D eigenvalue weighted by molar-refractivity contribution is 6.05. The van der Waals surface area contributed by atoms with Crippen LogP contribution in [0.1, 0.15) is 30.2 Å². The van der Waals surface area contributed by atoms with Crippen LogP contribution >= 0.6 is 0 Å². The normalized spacial score (nSPS) is 12.8. The standard InChI is InChI=1S/C18H17N3O3/c1-11(2)21-9-19-14-8-13(4-5-15(14)21)20-18(22)12-3-6-16-17(7-12)24-10-23-16/h3-9,11H,10H2,1-2H3,(H,20,22). The summed E-state index contributed by atoms with van der Waals surface area (Å²) in [5, 5.41) is 2.90. The smallest absolute Gasteiger partial charge is 0.255 e. The van der Waals surface area contributed by atoms with Crippen molar-refractivity contribution in [2.75, 3.05) is 12.1 Å². The maximum Gasteiger partial charge on any atom is 0.255 e. The number of aromatic nitrogens is 2. The van der Waals surface area contributed by atoms with E-state index < -0.39 is 0 Å². The van der Waals surface area contributed by atoms with Gasteiger partial charge in [-0.05, 0) is 50.2 Å². The van der Waals surface area contributed by atoms with Crippen molar-refractivity contribution < 1.29 is 14.3 Å². The highest BCUT2D eigenvalue weighted by atomic mass is 16.7. The molecule has 1 aliphatic rings. The monoisotopic (exact) mass is 323 g/mol. The van der Waals surface area contributed by atoms with Crippen LogP contribution in [0.2, 0.25) is 0 Å². The summed E-state index contributed by atoms with van der Waals surface area (Å²) in [6, 6.07) is 11.2. The minimum atomic E-state index is -0.198. The first kappa shape index (κ1) is 14.6. The third-order valence-electron chi connectivity index (χ3n) is 4.02. The SMILES string of the molecule is CC(C)n1cnc2cc(NC(=O)c3ccc4c(c3)OCO4)ccc21. The summed E-state index contributed by atoms with van der Waals surface area (Å²) >= 11 is 0. The second kappa shape index (κ2) is 5.56. The number of ether oxygens (including phenoxy) is 2. The Labute approximate surface area is 139 Å². The molecule has 6 heteroatoms. The molecule has 0 saturated heterocycles. The molecule has 0 unspecified atom stereocenters. The summed E-state index contributed by atoms with van der Waals surface area (Å²) in [5.74, 6) is 1.05. The lowest BCUT2D eigenvalue weighted by atomic mass is 10.2. The fraction of sp³-hybridized carbons (Fsp3) is 0.222. The van der Waals surface area contributed by atoms with Crippen molar-refractivity contribution in [3.8, 4) is 11.5 Å². The Hall–Kier alpha value is -3.02. The number of hydrogen-bond donors (Lipinski definition) is 1. The Morgan fingerprint density at radius 2 is 2.00 bits per heavy atom. The molecule has 0 atom stereocenters. The van der Waals surface area contributed by atoms with Gasteiger partial charge in [0.15, 0.2) is 11.5 Å². The van der Waals surface area contributed by atoms with Gasteiger partial charge in [0, 0.05) is 17.3 Å². The lowest BCUT2D eigenvalue weighted by Gasteiger charge is -2.09. The lowest BCUT2D eigenvalue weighted by molar-refractivity contribution is 0.102. The molecule has 1 aliphatic heterocycles. The third kappa shape index (κ3) is 2.46. The van der Waals surface area contributed by atoms with Crippen LogP contribution in [-0.4, -0.2) is 22.3 Å². The number of benzene rings is 2. The minimum absolute atomic E-state index is 0.190. The van der Waals surface area contributed by atoms with Crippen LogP contribution in [0.3, 0.4) is 0 Å². The molecule has 1 aromatic heterocycles. The molecule has 24 heavy (non-hydrogen) atoms. The van der Waals surface area contributed by atoms with Crippen molar-refractivity contribution in [2.24, 2.45) is 0 Å². The van der Waals surface area contributed by atoms with Gasteiger partial charge in [0.05, 0.1) is 17.4 Å². The summed E-state index contributed by atoms with van der Waals surface area (Å²) in [6.45, 7) is 4.41. The number of rotatable bonds is 3. The molecular weight excluding hydrogens is 306 g/mol. The van der Waals surface area contributed by atoms with Gasteiger partial charge in [-0.15, -0.1) is 0 Å². The van der Waals surface area contributed by atoms with Crippen LogP contribution in [0.25, 0.3) is 11.0 Å². The molecule has 4 rings (SSSR count). The number of carbonyl (C=O) groups is 1. The van der Waals surface area contributed by atoms with Crippen molar-refractivity contribution in [1.82, 2.24) is 9.55 Å². The number of fused-ring (bicyclic) bond motifs is 2. The summed E-state index contributed by atoms with van der Waals surface area (Å²) in [5.41, 5.74) is 3.13. The first-order valence-corrected chi connectivity index (χ1v) is 7.79. The van der Waals surface area contributed by atoms with E-state index in [0.717, 1.165) is 11.0 Å². The third-order valence-corrected chi connectivity index (χ3v) is 4.02. The molecule has 0 radical (unpaired) electrons. The van der Waals surface area contributed by atoms with Crippen molar-refractivity contribution in [3.63, 3.8) is 0 Å². The molecule has 0 spiro atoms. The van der Waals surface area contributed by atoms with Crippen LogP contribution in [0.15, 0.2) is 42.7 Å². The van der Waals surface area contributed by atoms with Gasteiger partial charge in [-0.2, -0.15) is 0 Å². The van der Waals surface area contributed by atoms with E-state index in [0.29, 0.717) is 28.8 Å². The van der Waals surface area contributed by atoms with Crippen molar-refractivity contribution in [3.05, 3.63) is 48.3 Å². The Bertz CT molecular complexity index is 930. The Morgan fingerprint density at radius 1 is 1.17 bits per heavy atom. The molecule has 1 amide bonds. The maximum absolute atomic E-state index is 12.4. The van der Waals surface area contributed by atoms with E-state index in [1.54, 1.807) is 18.2 Å². The van der Waals surface area contributed by atoms with E-state index in [4.69, 9.17) is 9.47 Å². The molecular formula is C18H17N3O3. The second-order valence-corrected chi connectivity index (χ2v) is 5.97. The van der Waals surface area contributed by atoms with E-state index in [1.165, 1.54) is 0 Å². The zero-order valence-corrected chi connectivity index (χ0v) is 13.4. The van der Waals surface area contributed by atoms with Crippen molar-refractivity contribution >= 4 is 22.6 Å². The fourth-order valence-electron chi connectivity index (χ4n) is 2.76. The van der Waals surface area contributed by atoms with Gasteiger partial charge >= 0.3 is 0 Å². The molecule has 122 valence electrons. The number of hydrogen-bond acceptors (Lipinski definition) is 4. The van der Waals surface area contributed by atoms with E-state index in [2.05, 4.69) is 28.7 Å². The molecule has 1 N–H and O–H groups in total. The van der Waals surface area contributed by atoms with Crippen LogP contribution in [-0.2, 0) is 0 Å². The molecule has 6 nitrogen and oxygen atoms in total. The van der Waals surface area contributed by atoms with Gasteiger partial charge in [0.2, 0.25) is 6.79 Å². The average Bonchev–Trinajstić information content (AvgIpc) is 3.20. The Morgan fingerprint density at radius 3 is 2.83 bits per heavy atom. The van der Waals surface area contributed by atoms with E-state index in [9.17, 15) is 4.79 Å². The summed E-state index contributed by atoms with van der Waals surface area (Å²) in [6.07, 6.45) is 1.82. The number of nitrogens with one attached hydrogen (secondary N) is 1. The predicted octanol–water partition coefficient (Wildman–Crippen LogP) is 3.60. The summed E-state index contributed by atoms with van der Waals surface area (Å²) in [7, 11) is 0. The maximum atomic E-state index is 12.4. The zero-order valence-electron chi connectivity index (χ0n) is 13.4. The topological polar surface area (TPSA) is 65.4 Å². The summed E-state index contributed by atoms with van der Waals surface area (Å²) < 4.78 is 12.7. The van der Waals surface area contributed by atoms with Crippen molar-refractivity contribution in [2.45, 2.75) is 19.9 Å². The van der Waals surface area contributed by atoms with Crippen LogP contribution in [0.5, 0.6) is 11.5 Å². The first-order valence-electron chi connectivity index (χ1n) is 7.79. The van der Waals surface area contributed by atoms with Gasteiger partial charge in [-0.1, -0.05) is 0 Å². The quantitative estimate of drug-likeness (QED) is 0.800. The highest BCUT2D eigenvalue weighted by Gasteiger charge is 2.16. The molecule has 3 aromatic rings. The molecule has 2 heterocycles. The zero-order chi connectivity index (χ0) is 16.7. The van der Waals surface area contributed by atoms with Gasteiger partial charge in [0.1, 0.15) is 0 Å². The molecule has 0 aliphatic carbocycles. The van der Waals surface area contributed by atoms with Crippen LogP contribution < -0.4 is 14.8 Å². The van der Waals surface area contributed by atoms with Gasteiger partial charge in [-0.3, -0.25) is 4.79 Å². The van der Waals surface area contributed by atoms with Crippen LogP contribution in [0, 0.1) is 0 Å². The number of imidazole rings is 1.